The van der Waals surface area contributed by atoms with Crippen molar-refractivity contribution >= 4 is 23.4 Å². The Morgan fingerprint density at radius 3 is 2.53 bits per heavy atom. The zero-order valence-corrected chi connectivity index (χ0v) is 18.3. The molecule has 2 aromatic rings. The number of amides is 2. The van der Waals surface area contributed by atoms with Crippen molar-refractivity contribution in [3.8, 4) is 17.6 Å². The third-order valence-corrected chi connectivity index (χ3v) is 5.87. The fraction of sp³-hybridized carbons (Fsp3) is 0.375. The first-order valence-electron chi connectivity index (χ1n) is 10.7. The molecule has 1 fully saturated rings. The molecule has 3 aliphatic rings. The molecule has 5 rings (SSSR count). The average Bonchev–Trinajstić information content (AvgIpc) is 3.56. The SMILES string of the molecule is N#CC1(NC(=O)[C@@H]2Cc3ccc(c(Cl)c3)OCCCCOc3ccccc3C(=O)N2)CC1. The summed E-state index contributed by atoms with van der Waals surface area (Å²) in [5.41, 5.74) is 0.276. The summed E-state index contributed by atoms with van der Waals surface area (Å²) in [5.74, 6) is 0.202. The summed E-state index contributed by atoms with van der Waals surface area (Å²) in [6, 6.07) is 13.5. The molecule has 1 saturated carbocycles. The molecule has 2 bridgehead atoms. The van der Waals surface area contributed by atoms with Crippen LogP contribution in [0.5, 0.6) is 11.5 Å². The maximum absolute atomic E-state index is 13.1. The van der Waals surface area contributed by atoms with Crippen molar-refractivity contribution < 1.29 is 19.1 Å². The number of fused-ring (bicyclic) bond motifs is 10. The summed E-state index contributed by atoms with van der Waals surface area (Å²) in [4.78, 5) is 26.1. The van der Waals surface area contributed by atoms with Gasteiger partial charge in [-0.25, -0.2) is 0 Å². The number of halogens is 1. The van der Waals surface area contributed by atoms with Gasteiger partial charge >= 0.3 is 0 Å². The lowest BCUT2D eigenvalue weighted by atomic mass is 10.0. The molecule has 7 nitrogen and oxygen atoms in total. The topological polar surface area (TPSA) is 100 Å². The van der Waals surface area contributed by atoms with Gasteiger partial charge in [-0.05, 0) is 55.5 Å². The number of carbonyl (C=O) groups excluding carboxylic acids is 2. The van der Waals surface area contributed by atoms with Crippen molar-refractivity contribution in [2.75, 3.05) is 13.2 Å². The highest BCUT2D eigenvalue weighted by Gasteiger charge is 2.45. The summed E-state index contributed by atoms with van der Waals surface area (Å²) in [6.07, 6.45) is 2.93. The molecule has 1 atom stereocenters. The van der Waals surface area contributed by atoms with Gasteiger partial charge in [0.1, 0.15) is 23.1 Å². The summed E-state index contributed by atoms with van der Waals surface area (Å²) < 4.78 is 11.6. The van der Waals surface area contributed by atoms with Crippen LogP contribution in [0.2, 0.25) is 5.02 Å². The zero-order valence-electron chi connectivity index (χ0n) is 17.5. The molecular weight excluding hydrogens is 430 g/mol. The van der Waals surface area contributed by atoms with Gasteiger partial charge in [0.25, 0.3) is 5.91 Å². The predicted octanol–water partition coefficient (Wildman–Crippen LogP) is 3.40. The molecule has 2 heterocycles. The number of benzene rings is 2. The quantitative estimate of drug-likeness (QED) is 0.725. The lowest BCUT2D eigenvalue weighted by Crippen LogP contribution is -2.51. The average molecular weight is 454 g/mol. The molecule has 2 aromatic carbocycles. The molecule has 2 N–H and O–H groups in total. The Kier molecular flexibility index (Phi) is 6.52. The zero-order chi connectivity index (χ0) is 22.6. The number of nitrogens with one attached hydrogen (secondary N) is 2. The van der Waals surface area contributed by atoms with E-state index in [9.17, 15) is 14.9 Å². The van der Waals surface area contributed by atoms with Crippen LogP contribution in [-0.4, -0.2) is 36.6 Å². The number of carbonyl (C=O) groups is 2. The maximum Gasteiger partial charge on any atom is 0.255 e. The molecular formula is C24H24ClN3O4. The Bertz CT molecular complexity index is 1060. The van der Waals surface area contributed by atoms with Crippen molar-refractivity contribution in [3.63, 3.8) is 0 Å². The first-order valence-corrected chi connectivity index (χ1v) is 11.0. The molecule has 1 aliphatic carbocycles. The molecule has 8 heteroatoms. The highest BCUT2D eigenvalue weighted by Crippen LogP contribution is 2.34. The van der Waals surface area contributed by atoms with Gasteiger partial charge in [-0.2, -0.15) is 5.26 Å². The summed E-state index contributed by atoms with van der Waals surface area (Å²) >= 11 is 6.37. The first-order chi connectivity index (χ1) is 15.5. The van der Waals surface area contributed by atoms with Crippen LogP contribution in [0.3, 0.4) is 0 Å². The van der Waals surface area contributed by atoms with Gasteiger partial charge in [-0.3, -0.25) is 9.59 Å². The van der Waals surface area contributed by atoms with E-state index in [1.807, 2.05) is 6.07 Å². The van der Waals surface area contributed by atoms with E-state index in [2.05, 4.69) is 16.7 Å². The minimum absolute atomic E-state index is 0.210. The van der Waals surface area contributed by atoms with E-state index in [0.29, 0.717) is 48.1 Å². The highest BCUT2D eigenvalue weighted by atomic mass is 35.5. The van der Waals surface area contributed by atoms with Crippen molar-refractivity contribution in [2.24, 2.45) is 0 Å². The summed E-state index contributed by atoms with van der Waals surface area (Å²) in [5, 5.41) is 15.4. The maximum atomic E-state index is 13.1. The summed E-state index contributed by atoms with van der Waals surface area (Å²) in [6.45, 7) is 0.917. The third kappa shape index (κ3) is 5.14. The largest absolute Gasteiger partial charge is 0.493 e. The number of ether oxygens (including phenoxy) is 2. The van der Waals surface area contributed by atoms with Crippen molar-refractivity contribution in [2.45, 2.75) is 43.7 Å². The number of hydrogen-bond donors (Lipinski definition) is 2. The second-order valence-corrected chi connectivity index (χ2v) is 8.49. The van der Waals surface area contributed by atoms with Crippen LogP contribution in [0.15, 0.2) is 42.5 Å². The third-order valence-electron chi connectivity index (χ3n) is 5.57. The van der Waals surface area contributed by atoms with Crippen LogP contribution in [0.1, 0.15) is 41.6 Å². The van der Waals surface area contributed by atoms with Gasteiger partial charge in [0.05, 0.1) is 29.9 Å². The van der Waals surface area contributed by atoms with E-state index in [1.54, 1.807) is 36.4 Å². The van der Waals surface area contributed by atoms with Crippen LogP contribution in [0.25, 0.3) is 0 Å². The van der Waals surface area contributed by atoms with Crippen LogP contribution in [0, 0.1) is 11.3 Å². The standard InChI is InChI=1S/C24H24ClN3O4/c25-18-13-16-7-8-21(18)32-12-4-3-11-31-20-6-2-1-5-17(20)22(29)27-19(14-16)23(30)28-24(15-26)9-10-24/h1-2,5-8,13,19H,3-4,9-12,14H2,(H,27,29)(H,28,30)/t19-/m0/s1. The smallest absolute Gasteiger partial charge is 0.255 e. The fourth-order valence-electron chi connectivity index (χ4n) is 3.53. The molecule has 0 aromatic heterocycles. The summed E-state index contributed by atoms with van der Waals surface area (Å²) in [7, 11) is 0. The molecule has 0 unspecified atom stereocenters. The Balaban J connectivity index is 1.64. The monoisotopic (exact) mass is 453 g/mol. The van der Waals surface area contributed by atoms with E-state index >= 15 is 0 Å². The van der Waals surface area contributed by atoms with Crippen molar-refractivity contribution in [1.29, 1.82) is 5.26 Å². The van der Waals surface area contributed by atoms with E-state index in [4.69, 9.17) is 21.1 Å². The normalized spacial score (nSPS) is 20.0. The van der Waals surface area contributed by atoms with E-state index in [1.165, 1.54) is 0 Å². The van der Waals surface area contributed by atoms with Gasteiger partial charge in [-0.15, -0.1) is 0 Å². The fourth-order valence-corrected chi connectivity index (χ4v) is 3.79. The van der Waals surface area contributed by atoms with Crippen molar-refractivity contribution in [3.05, 3.63) is 58.6 Å². The van der Waals surface area contributed by atoms with E-state index in [0.717, 1.165) is 18.4 Å². The number of rotatable bonds is 2. The van der Waals surface area contributed by atoms with Crippen LogP contribution >= 0.6 is 11.6 Å². The Labute approximate surface area is 191 Å². The van der Waals surface area contributed by atoms with Gasteiger partial charge in [-0.1, -0.05) is 29.8 Å². The number of nitrogens with zero attached hydrogens (tertiary/aromatic N) is 1. The van der Waals surface area contributed by atoms with Crippen LogP contribution in [-0.2, 0) is 11.2 Å². The number of para-hydroxylation sites is 1. The molecule has 0 saturated heterocycles. The van der Waals surface area contributed by atoms with E-state index < -0.39 is 23.4 Å². The number of hydrogen-bond acceptors (Lipinski definition) is 5. The molecule has 2 aliphatic heterocycles. The minimum Gasteiger partial charge on any atom is -0.493 e. The lowest BCUT2D eigenvalue weighted by molar-refractivity contribution is -0.123. The van der Waals surface area contributed by atoms with Crippen LogP contribution < -0.4 is 20.1 Å². The second-order valence-electron chi connectivity index (χ2n) is 8.08. The Morgan fingerprint density at radius 2 is 1.84 bits per heavy atom. The second kappa shape index (κ2) is 9.49. The highest BCUT2D eigenvalue weighted by molar-refractivity contribution is 6.32. The first kappa shape index (κ1) is 22.0. The molecule has 0 radical (unpaired) electrons. The Hall–Kier alpha value is -3.24. The molecule has 166 valence electrons. The number of nitriles is 1. The van der Waals surface area contributed by atoms with Gasteiger partial charge in [0.15, 0.2) is 0 Å². The van der Waals surface area contributed by atoms with Gasteiger partial charge in [0.2, 0.25) is 5.91 Å². The predicted molar refractivity (Wildman–Crippen MR) is 119 cm³/mol. The Morgan fingerprint density at radius 1 is 1.12 bits per heavy atom. The van der Waals surface area contributed by atoms with E-state index in [-0.39, 0.29) is 6.42 Å². The van der Waals surface area contributed by atoms with Crippen LogP contribution in [0.4, 0.5) is 0 Å². The van der Waals surface area contributed by atoms with Gasteiger partial charge < -0.3 is 20.1 Å². The van der Waals surface area contributed by atoms with Gasteiger partial charge in [0, 0.05) is 6.42 Å². The molecule has 2 amide bonds. The molecule has 0 spiro atoms. The lowest BCUT2D eigenvalue weighted by Gasteiger charge is -2.22. The molecule has 32 heavy (non-hydrogen) atoms. The minimum atomic E-state index is -0.892. The van der Waals surface area contributed by atoms with Crippen molar-refractivity contribution in [1.82, 2.24) is 10.6 Å².